The lowest BCUT2D eigenvalue weighted by molar-refractivity contribution is 0.0768. The van der Waals surface area contributed by atoms with Gasteiger partial charge >= 0.3 is 5.69 Å². The molecular formula is C18H23N3O2S. The molecule has 1 saturated carbocycles. The SMILES string of the molecule is O=C(c1ccc2c(c1)[nH]c(=O)n2C1CCCC1)N1CCCSCC1. The summed E-state index contributed by atoms with van der Waals surface area (Å²) in [6.07, 6.45) is 5.56. The first-order valence-electron chi connectivity index (χ1n) is 8.85. The summed E-state index contributed by atoms with van der Waals surface area (Å²) in [7, 11) is 0. The van der Waals surface area contributed by atoms with E-state index >= 15 is 0 Å². The van der Waals surface area contributed by atoms with E-state index in [0.717, 1.165) is 54.9 Å². The third kappa shape index (κ3) is 2.88. The molecule has 1 aromatic carbocycles. The van der Waals surface area contributed by atoms with Crippen molar-refractivity contribution in [3.05, 3.63) is 34.2 Å². The van der Waals surface area contributed by atoms with Crippen LogP contribution in [0.1, 0.15) is 48.5 Å². The van der Waals surface area contributed by atoms with Crippen LogP contribution >= 0.6 is 11.8 Å². The number of H-pyrrole nitrogens is 1. The van der Waals surface area contributed by atoms with E-state index in [0.29, 0.717) is 11.6 Å². The van der Waals surface area contributed by atoms with Crippen molar-refractivity contribution in [2.75, 3.05) is 24.6 Å². The van der Waals surface area contributed by atoms with Gasteiger partial charge in [-0.1, -0.05) is 12.8 Å². The smallest absolute Gasteiger partial charge is 0.326 e. The molecule has 4 rings (SSSR count). The summed E-state index contributed by atoms with van der Waals surface area (Å²) in [5, 5.41) is 0. The Balaban J connectivity index is 1.66. The van der Waals surface area contributed by atoms with Crippen molar-refractivity contribution in [1.82, 2.24) is 14.5 Å². The van der Waals surface area contributed by atoms with Gasteiger partial charge in [0.15, 0.2) is 0 Å². The molecule has 0 radical (unpaired) electrons. The van der Waals surface area contributed by atoms with E-state index < -0.39 is 0 Å². The highest BCUT2D eigenvalue weighted by Crippen LogP contribution is 2.30. The van der Waals surface area contributed by atoms with Gasteiger partial charge in [0.1, 0.15) is 0 Å². The minimum atomic E-state index is -0.0485. The number of hydrogen-bond acceptors (Lipinski definition) is 3. The van der Waals surface area contributed by atoms with Crippen molar-refractivity contribution in [2.45, 2.75) is 38.1 Å². The van der Waals surface area contributed by atoms with E-state index in [1.807, 2.05) is 39.4 Å². The number of fused-ring (bicyclic) bond motifs is 1. The second-order valence-electron chi connectivity index (χ2n) is 6.73. The molecule has 2 aromatic rings. The van der Waals surface area contributed by atoms with Crippen LogP contribution in [0.3, 0.4) is 0 Å². The summed E-state index contributed by atoms with van der Waals surface area (Å²) in [4.78, 5) is 30.0. The molecule has 24 heavy (non-hydrogen) atoms. The van der Waals surface area contributed by atoms with Crippen LogP contribution in [-0.4, -0.2) is 45.0 Å². The third-order valence-electron chi connectivity index (χ3n) is 5.16. The van der Waals surface area contributed by atoms with E-state index in [1.54, 1.807) is 0 Å². The van der Waals surface area contributed by atoms with Crippen molar-refractivity contribution in [1.29, 1.82) is 0 Å². The molecule has 6 heteroatoms. The summed E-state index contributed by atoms with van der Waals surface area (Å²) in [6, 6.07) is 5.96. The number of thioether (sulfide) groups is 1. The minimum absolute atomic E-state index is 0.0485. The number of rotatable bonds is 2. The van der Waals surface area contributed by atoms with E-state index in [4.69, 9.17) is 0 Å². The maximum atomic E-state index is 12.8. The number of nitrogens with zero attached hydrogens (tertiary/aromatic N) is 2. The van der Waals surface area contributed by atoms with Gasteiger partial charge in [-0.05, 0) is 43.2 Å². The average molecular weight is 345 g/mol. The number of amides is 1. The van der Waals surface area contributed by atoms with Crippen LogP contribution in [-0.2, 0) is 0 Å². The Bertz CT molecular complexity index is 796. The van der Waals surface area contributed by atoms with Gasteiger partial charge in [0, 0.05) is 30.4 Å². The Labute approximate surface area is 145 Å². The number of carbonyl (C=O) groups is 1. The Morgan fingerprint density at radius 2 is 1.96 bits per heavy atom. The lowest BCUT2D eigenvalue weighted by atomic mass is 10.1. The fraction of sp³-hybridized carbons (Fsp3) is 0.556. The fourth-order valence-electron chi connectivity index (χ4n) is 3.92. The number of carbonyl (C=O) groups excluding carboxylic acids is 1. The molecule has 1 saturated heterocycles. The molecule has 0 spiro atoms. The van der Waals surface area contributed by atoms with Gasteiger partial charge in [0.25, 0.3) is 5.91 Å². The predicted octanol–water partition coefficient (Wildman–Crippen LogP) is 3.02. The van der Waals surface area contributed by atoms with E-state index in [-0.39, 0.29) is 11.6 Å². The van der Waals surface area contributed by atoms with Crippen molar-refractivity contribution < 1.29 is 4.79 Å². The first-order valence-corrected chi connectivity index (χ1v) is 10.0. The predicted molar refractivity (Wildman–Crippen MR) is 97.9 cm³/mol. The number of hydrogen-bond donors (Lipinski definition) is 1. The van der Waals surface area contributed by atoms with Crippen LogP contribution in [0.5, 0.6) is 0 Å². The lowest BCUT2D eigenvalue weighted by Gasteiger charge is -2.20. The standard InChI is InChI=1S/C18H23N3O2S/c22-17(20-8-3-10-24-11-9-20)13-6-7-16-15(12-13)19-18(23)21(16)14-4-1-2-5-14/h6-7,12,14H,1-5,8-11H2,(H,19,23). The van der Waals surface area contributed by atoms with E-state index in [1.165, 1.54) is 12.8 Å². The normalized spacial score (nSPS) is 19.8. The van der Waals surface area contributed by atoms with Crippen molar-refractivity contribution >= 4 is 28.7 Å². The second kappa shape index (κ2) is 6.67. The van der Waals surface area contributed by atoms with E-state index in [2.05, 4.69) is 4.98 Å². The van der Waals surface area contributed by atoms with Gasteiger partial charge in [-0.25, -0.2) is 4.79 Å². The quantitative estimate of drug-likeness (QED) is 0.910. The lowest BCUT2D eigenvalue weighted by Crippen LogP contribution is -2.32. The van der Waals surface area contributed by atoms with Crippen LogP contribution in [0, 0.1) is 0 Å². The monoisotopic (exact) mass is 345 g/mol. The summed E-state index contributed by atoms with van der Waals surface area (Å²) in [5.41, 5.74) is 2.33. The largest absolute Gasteiger partial charge is 0.338 e. The first kappa shape index (κ1) is 15.8. The first-order chi connectivity index (χ1) is 11.7. The molecule has 1 amide bonds. The second-order valence-corrected chi connectivity index (χ2v) is 7.95. The molecule has 128 valence electrons. The van der Waals surface area contributed by atoms with Gasteiger partial charge in [0.05, 0.1) is 11.0 Å². The van der Waals surface area contributed by atoms with Crippen molar-refractivity contribution in [3.8, 4) is 0 Å². The molecule has 0 atom stereocenters. The molecule has 1 aliphatic heterocycles. The van der Waals surface area contributed by atoms with E-state index in [9.17, 15) is 9.59 Å². The Kier molecular flexibility index (Phi) is 4.39. The zero-order valence-electron chi connectivity index (χ0n) is 13.8. The van der Waals surface area contributed by atoms with Crippen LogP contribution in [0.15, 0.2) is 23.0 Å². The highest BCUT2D eigenvalue weighted by atomic mass is 32.2. The molecule has 2 aliphatic rings. The molecule has 2 fully saturated rings. The topological polar surface area (TPSA) is 58.1 Å². The number of imidazole rings is 1. The summed E-state index contributed by atoms with van der Waals surface area (Å²) >= 11 is 1.91. The Hall–Kier alpha value is -1.69. The molecule has 0 bridgehead atoms. The zero-order valence-corrected chi connectivity index (χ0v) is 14.6. The molecule has 1 aliphatic carbocycles. The van der Waals surface area contributed by atoms with Crippen LogP contribution in [0.25, 0.3) is 11.0 Å². The maximum Gasteiger partial charge on any atom is 0.326 e. The third-order valence-corrected chi connectivity index (χ3v) is 6.21. The van der Waals surface area contributed by atoms with Crippen molar-refractivity contribution in [2.24, 2.45) is 0 Å². The average Bonchev–Trinajstić information content (AvgIpc) is 3.11. The van der Waals surface area contributed by atoms with Gasteiger partial charge in [-0.15, -0.1) is 0 Å². The molecule has 1 aromatic heterocycles. The summed E-state index contributed by atoms with van der Waals surface area (Å²) < 4.78 is 1.89. The summed E-state index contributed by atoms with van der Waals surface area (Å²) in [5.74, 6) is 2.21. The van der Waals surface area contributed by atoms with Gasteiger partial charge in [-0.2, -0.15) is 11.8 Å². The highest BCUT2D eigenvalue weighted by molar-refractivity contribution is 7.99. The van der Waals surface area contributed by atoms with Crippen LogP contribution < -0.4 is 5.69 Å². The van der Waals surface area contributed by atoms with Gasteiger partial charge < -0.3 is 9.88 Å². The summed E-state index contributed by atoms with van der Waals surface area (Å²) in [6.45, 7) is 1.63. The molecule has 1 N–H and O–H groups in total. The van der Waals surface area contributed by atoms with Gasteiger partial charge in [0.2, 0.25) is 0 Å². The minimum Gasteiger partial charge on any atom is -0.338 e. The number of benzene rings is 1. The van der Waals surface area contributed by atoms with Crippen LogP contribution in [0.2, 0.25) is 0 Å². The molecular weight excluding hydrogens is 322 g/mol. The Morgan fingerprint density at radius 3 is 2.79 bits per heavy atom. The molecule has 5 nitrogen and oxygen atoms in total. The highest BCUT2D eigenvalue weighted by Gasteiger charge is 2.22. The zero-order chi connectivity index (χ0) is 16.5. The number of nitrogens with one attached hydrogen (secondary N) is 1. The molecule has 2 heterocycles. The Morgan fingerprint density at radius 1 is 1.12 bits per heavy atom. The molecule has 0 unspecified atom stereocenters. The van der Waals surface area contributed by atoms with Gasteiger partial charge in [-0.3, -0.25) is 9.36 Å². The van der Waals surface area contributed by atoms with Crippen molar-refractivity contribution in [3.63, 3.8) is 0 Å². The fourth-order valence-corrected chi connectivity index (χ4v) is 4.81. The maximum absolute atomic E-state index is 12.8. The number of aromatic nitrogens is 2. The van der Waals surface area contributed by atoms with Crippen LogP contribution in [0.4, 0.5) is 0 Å². The number of aromatic amines is 1.